The number of alkyl halides is 3. The molecule has 0 spiro atoms. The average molecular weight is 645 g/mol. The van der Waals surface area contributed by atoms with Crippen molar-refractivity contribution in [3.63, 3.8) is 0 Å². The van der Waals surface area contributed by atoms with Crippen molar-refractivity contribution in [3.8, 4) is 0 Å². The second-order valence-electron chi connectivity index (χ2n) is 9.73. The molecule has 7 nitrogen and oxygen atoms in total. The van der Waals surface area contributed by atoms with Crippen molar-refractivity contribution in [3.05, 3.63) is 94.0 Å². The average Bonchev–Trinajstić information content (AvgIpc) is 2.93. The van der Waals surface area contributed by atoms with E-state index < -0.39 is 46.2 Å². The molecular weight excluding hydrogens is 614 g/mol. The van der Waals surface area contributed by atoms with Gasteiger partial charge in [-0.15, -0.1) is 0 Å². The minimum atomic E-state index is -4.76. The summed E-state index contributed by atoms with van der Waals surface area (Å²) in [6.07, 6.45) is -4.59. The van der Waals surface area contributed by atoms with E-state index in [0.29, 0.717) is 15.9 Å². The molecule has 0 saturated heterocycles. The van der Waals surface area contributed by atoms with Gasteiger partial charge in [-0.05, 0) is 68.3 Å². The van der Waals surface area contributed by atoms with Gasteiger partial charge in [0.15, 0.2) is 0 Å². The molecule has 0 heterocycles. The van der Waals surface area contributed by atoms with Crippen LogP contribution in [-0.4, -0.2) is 43.8 Å². The number of rotatable bonds is 11. The largest absolute Gasteiger partial charge is 0.416 e. The molecule has 0 aromatic heterocycles. The van der Waals surface area contributed by atoms with Gasteiger partial charge in [-0.1, -0.05) is 60.5 Å². The molecule has 0 aliphatic heterocycles. The van der Waals surface area contributed by atoms with Gasteiger partial charge in [0.2, 0.25) is 11.8 Å². The van der Waals surface area contributed by atoms with E-state index in [9.17, 15) is 31.2 Å². The van der Waals surface area contributed by atoms with E-state index in [2.05, 4.69) is 5.32 Å². The van der Waals surface area contributed by atoms with Gasteiger partial charge in [0.05, 0.1) is 26.2 Å². The standard InChI is InChI=1S/C29H30Cl2F3N3O4S/c1-4-26(28(39)35-19(2)3)36(17-20-13-14-24(30)25(31)15-20)27(38)18-37(42(40,41)23-11-6-5-7-12-23)22-10-8-9-21(16-22)29(32,33)34/h5-16,19,26H,4,17-18H2,1-3H3,(H,35,39)/t26-/m0/s1. The van der Waals surface area contributed by atoms with E-state index in [4.69, 9.17) is 23.2 Å². The summed E-state index contributed by atoms with van der Waals surface area (Å²) in [6, 6.07) is 14.1. The van der Waals surface area contributed by atoms with Crippen molar-refractivity contribution in [1.29, 1.82) is 0 Å². The first kappa shape index (κ1) is 33.2. The zero-order chi connectivity index (χ0) is 31.2. The molecule has 0 fully saturated rings. The Morgan fingerprint density at radius 1 is 0.929 bits per heavy atom. The van der Waals surface area contributed by atoms with E-state index in [-0.39, 0.29) is 39.6 Å². The third kappa shape index (κ3) is 8.17. The van der Waals surface area contributed by atoms with E-state index in [1.165, 1.54) is 47.4 Å². The van der Waals surface area contributed by atoms with Crippen LogP contribution >= 0.6 is 23.2 Å². The Kier molecular flexibility index (Phi) is 10.9. The fraction of sp³-hybridized carbons (Fsp3) is 0.310. The molecule has 0 aliphatic carbocycles. The number of hydrogen-bond acceptors (Lipinski definition) is 4. The quantitative estimate of drug-likeness (QED) is 0.257. The van der Waals surface area contributed by atoms with E-state index in [1.54, 1.807) is 32.9 Å². The molecule has 3 rings (SSSR count). The summed E-state index contributed by atoms with van der Waals surface area (Å²) in [6.45, 7) is 4.15. The van der Waals surface area contributed by atoms with Crippen LogP contribution in [0.15, 0.2) is 77.7 Å². The topological polar surface area (TPSA) is 86.8 Å². The van der Waals surface area contributed by atoms with Gasteiger partial charge in [0.1, 0.15) is 12.6 Å². The predicted molar refractivity (Wildman–Crippen MR) is 157 cm³/mol. The number of carbonyl (C=O) groups excluding carboxylic acids is 2. The highest BCUT2D eigenvalue weighted by atomic mass is 35.5. The predicted octanol–water partition coefficient (Wildman–Crippen LogP) is 6.54. The van der Waals surface area contributed by atoms with E-state index in [0.717, 1.165) is 12.1 Å². The van der Waals surface area contributed by atoms with Crippen molar-refractivity contribution in [2.75, 3.05) is 10.8 Å². The first-order valence-corrected chi connectivity index (χ1v) is 15.1. The number of nitrogens with one attached hydrogen (secondary N) is 1. The molecule has 0 radical (unpaired) electrons. The second kappa shape index (κ2) is 13.8. The number of nitrogens with zero attached hydrogens (tertiary/aromatic N) is 2. The van der Waals surface area contributed by atoms with Gasteiger partial charge in [0, 0.05) is 12.6 Å². The fourth-order valence-corrected chi connectivity index (χ4v) is 5.97. The van der Waals surface area contributed by atoms with Gasteiger partial charge >= 0.3 is 6.18 Å². The smallest absolute Gasteiger partial charge is 0.352 e. The number of anilines is 1. The minimum Gasteiger partial charge on any atom is -0.352 e. The summed E-state index contributed by atoms with van der Waals surface area (Å²) in [5.41, 5.74) is -0.947. The molecule has 0 bridgehead atoms. The maximum absolute atomic E-state index is 14.0. The summed E-state index contributed by atoms with van der Waals surface area (Å²) in [4.78, 5) is 28.1. The molecule has 2 amide bonds. The molecule has 42 heavy (non-hydrogen) atoms. The summed E-state index contributed by atoms with van der Waals surface area (Å²) >= 11 is 12.2. The molecule has 13 heteroatoms. The van der Waals surface area contributed by atoms with Crippen LogP contribution in [0.25, 0.3) is 0 Å². The van der Waals surface area contributed by atoms with Crippen LogP contribution in [0.2, 0.25) is 10.0 Å². The molecule has 0 unspecified atom stereocenters. The first-order valence-electron chi connectivity index (χ1n) is 12.9. The van der Waals surface area contributed by atoms with Gasteiger partial charge in [0.25, 0.3) is 10.0 Å². The third-order valence-electron chi connectivity index (χ3n) is 6.23. The summed E-state index contributed by atoms with van der Waals surface area (Å²) in [5.74, 6) is -1.29. The van der Waals surface area contributed by atoms with Gasteiger partial charge in [-0.25, -0.2) is 8.42 Å². The van der Waals surface area contributed by atoms with E-state index >= 15 is 0 Å². The molecular formula is C29H30Cl2F3N3O4S. The number of sulfonamides is 1. The summed E-state index contributed by atoms with van der Waals surface area (Å²) in [5, 5.41) is 3.24. The normalized spacial score (nSPS) is 12.6. The molecule has 3 aromatic carbocycles. The van der Waals surface area contributed by atoms with Crippen LogP contribution in [0.1, 0.15) is 38.3 Å². The Hall–Kier alpha value is -3.28. The SMILES string of the molecule is CC[C@@H](C(=O)NC(C)C)N(Cc1ccc(Cl)c(Cl)c1)C(=O)CN(c1cccc(C(F)(F)F)c1)S(=O)(=O)c1ccccc1. The number of benzene rings is 3. The van der Waals surface area contributed by atoms with Gasteiger partial charge in [-0.2, -0.15) is 13.2 Å². The third-order valence-corrected chi connectivity index (χ3v) is 8.75. The molecule has 1 N–H and O–H groups in total. The zero-order valence-electron chi connectivity index (χ0n) is 23.0. The summed E-state index contributed by atoms with van der Waals surface area (Å²) in [7, 11) is -4.52. The van der Waals surface area contributed by atoms with Crippen LogP contribution in [0.4, 0.5) is 18.9 Å². The molecule has 226 valence electrons. The second-order valence-corrected chi connectivity index (χ2v) is 12.4. The Bertz CT molecular complexity index is 1520. The van der Waals surface area contributed by atoms with Gasteiger partial charge < -0.3 is 10.2 Å². The highest BCUT2D eigenvalue weighted by Crippen LogP contribution is 2.33. The van der Waals surface area contributed by atoms with E-state index in [1.807, 2.05) is 0 Å². The Balaban J connectivity index is 2.12. The maximum Gasteiger partial charge on any atom is 0.416 e. The molecule has 0 saturated carbocycles. The lowest BCUT2D eigenvalue weighted by Crippen LogP contribution is -2.53. The van der Waals surface area contributed by atoms with Crippen molar-refractivity contribution in [2.24, 2.45) is 0 Å². The van der Waals surface area contributed by atoms with Crippen LogP contribution in [0.5, 0.6) is 0 Å². The lowest BCUT2D eigenvalue weighted by Gasteiger charge is -2.33. The lowest BCUT2D eigenvalue weighted by atomic mass is 10.1. The maximum atomic E-state index is 14.0. The minimum absolute atomic E-state index is 0.151. The Labute approximate surface area is 253 Å². The Morgan fingerprint density at radius 3 is 2.17 bits per heavy atom. The van der Waals surface area contributed by atoms with Crippen molar-refractivity contribution >= 4 is 50.7 Å². The van der Waals surface area contributed by atoms with Crippen LogP contribution in [0.3, 0.4) is 0 Å². The molecule has 0 aliphatic rings. The van der Waals surface area contributed by atoms with Crippen molar-refractivity contribution < 1.29 is 31.2 Å². The highest BCUT2D eigenvalue weighted by molar-refractivity contribution is 7.92. The monoisotopic (exact) mass is 643 g/mol. The highest BCUT2D eigenvalue weighted by Gasteiger charge is 2.36. The first-order chi connectivity index (χ1) is 19.6. The lowest BCUT2D eigenvalue weighted by molar-refractivity contribution is -0.140. The molecule has 3 aromatic rings. The molecule has 1 atom stereocenters. The number of carbonyl (C=O) groups is 2. The van der Waals surface area contributed by atoms with Crippen LogP contribution in [0, 0.1) is 0 Å². The van der Waals surface area contributed by atoms with Gasteiger partial charge in [-0.3, -0.25) is 13.9 Å². The number of amides is 2. The van der Waals surface area contributed by atoms with Crippen molar-refractivity contribution in [1.82, 2.24) is 10.2 Å². The number of halogens is 5. The number of hydrogen-bond donors (Lipinski definition) is 1. The fourth-order valence-electron chi connectivity index (χ4n) is 4.22. The van der Waals surface area contributed by atoms with Crippen molar-refractivity contribution in [2.45, 2.75) is 56.9 Å². The Morgan fingerprint density at radius 2 is 1.60 bits per heavy atom. The van der Waals surface area contributed by atoms with Crippen LogP contribution < -0.4 is 9.62 Å². The summed E-state index contributed by atoms with van der Waals surface area (Å²) < 4.78 is 68.9. The zero-order valence-corrected chi connectivity index (χ0v) is 25.4. The van der Waals surface area contributed by atoms with Crippen LogP contribution in [-0.2, 0) is 32.3 Å².